The molecule has 0 saturated heterocycles. The molecular formula is C10H15Cl2N5OS. The highest BCUT2D eigenvalue weighted by Gasteiger charge is 2.10. The summed E-state index contributed by atoms with van der Waals surface area (Å²) in [5, 5.41) is 5.22. The lowest BCUT2D eigenvalue weighted by Gasteiger charge is -2.03. The molecule has 0 bridgehead atoms. The highest BCUT2D eigenvalue weighted by Crippen LogP contribution is 2.08. The second-order valence-electron chi connectivity index (χ2n) is 3.47. The topological polar surface area (TPSA) is 85.8 Å². The van der Waals surface area contributed by atoms with Gasteiger partial charge in [0.15, 0.2) is 0 Å². The van der Waals surface area contributed by atoms with Crippen LogP contribution in [0.25, 0.3) is 0 Å². The Morgan fingerprint density at radius 1 is 1.53 bits per heavy atom. The number of halogens is 2. The van der Waals surface area contributed by atoms with Crippen molar-refractivity contribution in [2.75, 3.05) is 0 Å². The van der Waals surface area contributed by atoms with Gasteiger partial charge in [-0.1, -0.05) is 0 Å². The summed E-state index contributed by atoms with van der Waals surface area (Å²) in [7, 11) is 1.88. The smallest absolute Gasteiger partial charge is 0.271 e. The van der Waals surface area contributed by atoms with Crippen LogP contribution in [0.4, 0.5) is 0 Å². The number of thiazole rings is 1. The Labute approximate surface area is 127 Å². The fourth-order valence-electron chi connectivity index (χ4n) is 1.33. The van der Waals surface area contributed by atoms with Gasteiger partial charge in [-0.15, -0.1) is 36.2 Å². The van der Waals surface area contributed by atoms with Crippen LogP contribution in [-0.2, 0) is 20.1 Å². The number of aryl methyl sites for hydroxylation is 1. The number of imidazole rings is 1. The maximum atomic E-state index is 11.7. The van der Waals surface area contributed by atoms with Gasteiger partial charge >= 0.3 is 0 Å². The molecule has 2 heterocycles. The Kier molecular flexibility index (Phi) is 7.62. The quantitative estimate of drug-likeness (QED) is 0.882. The first kappa shape index (κ1) is 17.8. The molecule has 0 radical (unpaired) electrons. The first-order valence-corrected chi connectivity index (χ1v) is 5.97. The van der Waals surface area contributed by atoms with Crippen LogP contribution < -0.4 is 11.1 Å². The van der Waals surface area contributed by atoms with Crippen molar-refractivity contribution in [2.45, 2.75) is 13.1 Å². The molecule has 3 N–H and O–H groups in total. The fourth-order valence-corrected chi connectivity index (χ4v) is 1.98. The van der Waals surface area contributed by atoms with Crippen molar-refractivity contribution in [3.63, 3.8) is 0 Å². The number of amides is 1. The van der Waals surface area contributed by atoms with Gasteiger partial charge in [0.25, 0.3) is 5.91 Å². The Bertz CT molecular complexity index is 527. The number of carbonyl (C=O) groups is 1. The summed E-state index contributed by atoms with van der Waals surface area (Å²) in [6, 6.07) is 0. The number of nitrogens with one attached hydrogen (secondary N) is 1. The van der Waals surface area contributed by atoms with E-state index in [0.29, 0.717) is 18.8 Å². The van der Waals surface area contributed by atoms with Crippen molar-refractivity contribution in [2.24, 2.45) is 12.8 Å². The molecule has 106 valence electrons. The average Bonchev–Trinajstić information content (AvgIpc) is 2.94. The van der Waals surface area contributed by atoms with Crippen LogP contribution in [0.3, 0.4) is 0 Å². The zero-order valence-electron chi connectivity index (χ0n) is 10.2. The van der Waals surface area contributed by atoms with E-state index >= 15 is 0 Å². The van der Waals surface area contributed by atoms with Gasteiger partial charge in [-0.05, 0) is 0 Å². The van der Waals surface area contributed by atoms with Crippen molar-refractivity contribution >= 4 is 42.1 Å². The third-order valence-corrected chi connectivity index (χ3v) is 3.16. The number of hydrogen-bond acceptors (Lipinski definition) is 5. The first-order valence-electron chi connectivity index (χ1n) is 5.09. The van der Waals surface area contributed by atoms with Crippen LogP contribution in [0.5, 0.6) is 0 Å². The minimum Gasteiger partial charge on any atom is -0.343 e. The van der Waals surface area contributed by atoms with Gasteiger partial charge in [0.2, 0.25) is 0 Å². The first-order chi connectivity index (χ1) is 8.20. The summed E-state index contributed by atoms with van der Waals surface area (Å²) < 4.78 is 1.85. The maximum absolute atomic E-state index is 11.7. The van der Waals surface area contributed by atoms with Crippen LogP contribution in [0.15, 0.2) is 17.8 Å². The van der Waals surface area contributed by atoms with Gasteiger partial charge in [-0.2, -0.15) is 0 Å². The summed E-state index contributed by atoms with van der Waals surface area (Å²) in [6.45, 7) is 0.745. The standard InChI is InChI=1S/C10H13N5OS.2ClH/c1-15-3-2-12-8(15)5-13-10(16)7-6-17-9(4-11)14-7;;/h2-3,6H,4-5,11H2,1H3,(H,13,16);2*1H. The molecule has 2 rings (SSSR count). The number of hydrogen-bond donors (Lipinski definition) is 2. The molecular weight excluding hydrogens is 309 g/mol. The van der Waals surface area contributed by atoms with Gasteiger partial charge in [-0.3, -0.25) is 4.79 Å². The average molecular weight is 324 g/mol. The molecule has 0 saturated carbocycles. The fraction of sp³-hybridized carbons (Fsp3) is 0.300. The lowest BCUT2D eigenvalue weighted by Crippen LogP contribution is -2.24. The van der Waals surface area contributed by atoms with E-state index < -0.39 is 0 Å². The van der Waals surface area contributed by atoms with Crippen molar-refractivity contribution in [3.8, 4) is 0 Å². The minimum absolute atomic E-state index is 0. The van der Waals surface area contributed by atoms with Gasteiger partial charge < -0.3 is 15.6 Å². The Morgan fingerprint density at radius 3 is 2.79 bits per heavy atom. The number of rotatable bonds is 4. The summed E-state index contributed by atoms with van der Waals surface area (Å²) in [5.41, 5.74) is 5.84. The molecule has 0 atom stereocenters. The second kappa shape index (κ2) is 8.11. The molecule has 6 nitrogen and oxygen atoms in total. The van der Waals surface area contributed by atoms with E-state index in [1.165, 1.54) is 11.3 Å². The molecule has 9 heteroatoms. The van der Waals surface area contributed by atoms with E-state index in [9.17, 15) is 4.79 Å². The molecule has 0 aliphatic rings. The maximum Gasteiger partial charge on any atom is 0.271 e. The molecule has 19 heavy (non-hydrogen) atoms. The van der Waals surface area contributed by atoms with E-state index in [4.69, 9.17) is 5.73 Å². The molecule has 0 spiro atoms. The third-order valence-electron chi connectivity index (χ3n) is 2.29. The van der Waals surface area contributed by atoms with E-state index in [0.717, 1.165) is 10.8 Å². The SMILES string of the molecule is Cl.Cl.Cn1ccnc1CNC(=O)c1csc(CN)n1. The van der Waals surface area contributed by atoms with E-state index in [1.807, 2.05) is 17.8 Å². The van der Waals surface area contributed by atoms with Crippen molar-refractivity contribution in [1.29, 1.82) is 0 Å². The van der Waals surface area contributed by atoms with Crippen LogP contribution >= 0.6 is 36.2 Å². The van der Waals surface area contributed by atoms with Crippen LogP contribution in [0, 0.1) is 0 Å². The molecule has 0 unspecified atom stereocenters. The summed E-state index contributed by atoms with van der Waals surface area (Å²) in [4.78, 5) is 20.0. The van der Waals surface area contributed by atoms with E-state index in [-0.39, 0.29) is 30.7 Å². The molecule has 1 amide bonds. The minimum atomic E-state index is -0.205. The molecule has 0 aromatic carbocycles. The van der Waals surface area contributed by atoms with Gasteiger partial charge in [0, 0.05) is 31.4 Å². The Balaban J connectivity index is 0.00000162. The van der Waals surface area contributed by atoms with Crippen molar-refractivity contribution < 1.29 is 4.79 Å². The van der Waals surface area contributed by atoms with Crippen molar-refractivity contribution in [1.82, 2.24) is 19.9 Å². The largest absolute Gasteiger partial charge is 0.343 e. The summed E-state index contributed by atoms with van der Waals surface area (Å²) >= 11 is 1.39. The number of nitrogens with zero attached hydrogens (tertiary/aromatic N) is 3. The van der Waals surface area contributed by atoms with Gasteiger partial charge in [0.05, 0.1) is 6.54 Å². The predicted molar refractivity (Wildman–Crippen MR) is 78.9 cm³/mol. The molecule has 2 aromatic heterocycles. The molecule has 0 aliphatic heterocycles. The lowest BCUT2D eigenvalue weighted by molar-refractivity contribution is 0.0945. The Hall–Kier alpha value is -1.15. The molecule has 0 fully saturated rings. The highest BCUT2D eigenvalue weighted by atomic mass is 35.5. The second-order valence-corrected chi connectivity index (χ2v) is 4.41. The highest BCUT2D eigenvalue weighted by molar-refractivity contribution is 7.09. The Morgan fingerprint density at radius 2 is 2.26 bits per heavy atom. The van der Waals surface area contributed by atoms with Crippen LogP contribution in [-0.4, -0.2) is 20.4 Å². The van der Waals surface area contributed by atoms with Crippen molar-refractivity contribution in [3.05, 3.63) is 34.3 Å². The lowest BCUT2D eigenvalue weighted by atomic mass is 10.4. The summed E-state index contributed by atoms with van der Waals surface area (Å²) in [6.07, 6.45) is 3.52. The van der Waals surface area contributed by atoms with E-state index in [2.05, 4.69) is 15.3 Å². The molecule has 0 aliphatic carbocycles. The van der Waals surface area contributed by atoms with Gasteiger partial charge in [0.1, 0.15) is 16.5 Å². The van der Waals surface area contributed by atoms with Gasteiger partial charge in [-0.25, -0.2) is 9.97 Å². The monoisotopic (exact) mass is 323 g/mol. The number of carbonyl (C=O) groups excluding carboxylic acids is 1. The number of nitrogens with two attached hydrogens (primary N) is 1. The number of aromatic nitrogens is 3. The van der Waals surface area contributed by atoms with Crippen LogP contribution in [0.1, 0.15) is 21.3 Å². The molecule has 2 aromatic rings. The predicted octanol–water partition coefficient (Wildman–Crippen LogP) is 1.11. The summed E-state index contributed by atoms with van der Waals surface area (Å²) in [5.74, 6) is 0.594. The zero-order chi connectivity index (χ0) is 12.3. The van der Waals surface area contributed by atoms with Crippen LogP contribution in [0.2, 0.25) is 0 Å². The third kappa shape index (κ3) is 4.46. The van der Waals surface area contributed by atoms with E-state index in [1.54, 1.807) is 11.6 Å². The normalized spacial score (nSPS) is 9.37. The zero-order valence-corrected chi connectivity index (χ0v) is 12.6.